The molecule has 4 atom stereocenters. The summed E-state index contributed by atoms with van der Waals surface area (Å²) in [5, 5.41) is 14.1. The van der Waals surface area contributed by atoms with Crippen molar-refractivity contribution in [2.45, 2.75) is 103 Å². The molecule has 3 aliphatic rings. The maximum Gasteiger partial charge on any atom is 0.410 e. The van der Waals surface area contributed by atoms with Crippen molar-refractivity contribution in [1.82, 2.24) is 15.1 Å². The Balaban J connectivity index is 1.76. The van der Waals surface area contributed by atoms with E-state index in [9.17, 15) is 14.7 Å². The van der Waals surface area contributed by atoms with E-state index in [4.69, 9.17) is 4.74 Å². The standard InChI is InChI=1S/C24H43N3O4/c1-22(2,3)31-21(30)27-17(15-24(5)18(27)9-7-8-10-19(24)28)16-25-20(29)23(4)11-13-26(6)14-12-23/h17-19,28H,7-16H2,1-6H3,(H,25,29)/t17-,18-,19+,24-/m1/s1. The van der Waals surface area contributed by atoms with Crippen LogP contribution in [0.15, 0.2) is 0 Å². The summed E-state index contributed by atoms with van der Waals surface area (Å²) < 4.78 is 5.76. The Morgan fingerprint density at radius 1 is 1.13 bits per heavy atom. The number of nitrogens with one attached hydrogen (secondary N) is 1. The van der Waals surface area contributed by atoms with Crippen LogP contribution < -0.4 is 5.32 Å². The molecular weight excluding hydrogens is 394 g/mol. The van der Waals surface area contributed by atoms with Gasteiger partial charge in [-0.25, -0.2) is 4.79 Å². The van der Waals surface area contributed by atoms with Crippen molar-refractivity contribution in [3.05, 3.63) is 0 Å². The predicted octanol–water partition coefficient (Wildman–Crippen LogP) is 3.15. The van der Waals surface area contributed by atoms with Crippen LogP contribution in [0.1, 0.15) is 79.6 Å². The largest absolute Gasteiger partial charge is 0.444 e. The third-order valence-corrected chi connectivity index (χ3v) is 7.87. The lowest BCUT2D eigenvalue weighted by atomic mass is 9.75. The first kappa shape index (κ1) is 24.3. The van der Waals surface area contributed by atoms with Crippen molar-refractivity contribution in [2.24, 2.45) is 10.8 Å². The second-order valence-electron chi connectivity index (χ2n) is 11.6. The fraction of sp³-hybridized carbons (Fsp3) is 0.917. The van der Waals surface area contributed by atoms with E-state index in [2.05, 4.69) is 24.2 Å². The Bertz CT molecular complexity index is 668. The molecule has 0 radical (unpaired) electrons. The summed E-state index contributed by atoms with van der Waals surface area (Å²) in [6.07, 6.45) is 5.17. The van der Waals surface area contributed by atoms with Gasteiger partial charge in [-0.3, -0.25) is 9.69 Å². The van der Waals surface area contributed by atoms with E-state index >= 15 is 0 Å². The highest BCUT2D eigenvalue weighted by atomic mass is 16.6. The van der Waals surface area contributed by atoms with E-state index in [1.807, 2.05) is 32.6 Å². The molecule has 0 aromatic heterocycles. The minimum absolute atomic E-state index is 0.0688. The normalized spacial score (nSPS) is 34.0. The molecule has 3 rings (SSSR count). The third-order valence-electron chi connectivity index (χ3n) is 7.87. The number of carbonyl (C=O) groups is 2. The van der Waals surface area contributed by atoms with Crippen LogP contribution in [0.25, 0.3) is 0 Å². The lowest BCUT2D eigenvalue weighted by Crippen LogP contribution is -2.52. The highest BCUT2D eigenvalue weighted by molar-refractivity contribution is 5.82. The van der Waals surface area contributed by atoms with E-state index < -0.39 is 11.7 Å². The van der Waals surface area contributed by atoms with Crippen molar-refractivity contribution < 1.29 is 19.4 Å². The zero-order valence-electron chi connectivity index (χ0n) is 20.4. The van der Waals surface area contributed by atoms with Gasteiger partial charge in [0.05, 0.1) is 12.1 Å². The molecule has 178 valence electrons. The zero-order chi connectivity index (χ0) is 23.0. The van der Waals surface area contributed by atoms with E-state index in [1.165, 1.54) is 0 Å². The first-order chi connectivity index (χ1) is 14.4. The molecule has 2 heterocycles. The van der Waals surface area contributed by atoms with Crippen LogP contribution in [0.5, 0.6) is 0 Å². The smallest absolute Gasteiger partial charge is 0.410 e. The average Bonchev–Trinajstić information content (AvgIpc) is 2.89. The summed E-state index contributed by atoms with van der Waals surface area (Å²) in [5.74, 6) is 0.0718. The number of hydrogen-bond donors (Lipinski definition) is 2. The number of aliphatic hydroxyl groups excluding tert-OH is 1. The molecule has 0 unspecified atom stereocenters. The molecule has 3 fully saturated rings. The summed E-state index contributed by atoms with van der Waals surface area (Å²) in [5.41, 5.74) is -1.33. The molecule has 0 aromatic rings. The lowest BCUT2D eigenvalue weighted by Gasteiger charge is -2.38. The van der Waals surface area contributed by atoms with Crippen molar-refractivity contribution >= 4 is 12.0 Å². The molecule has 0 aromatic carbocycles. The number of rotatable bonds is 3. The van der Waals surface area contributed by atoms with Crippen molar-refractivity contribution in [2.75, 3.05) is 26.7 Å². The minimum atomic E-state index is -0.588. The summed E-state index contributed by atoms with van der Waals surface area (Å²) in [7, 11) is 2.09. The number of likely N-dealkylation sites (tertiary alicyclic amines) is 2. The quantitative estimate of drug-likeness (QED) is 0.709. The molecular formula is C24H43N3O4. The average molecular weight is 438 g/mol. The maximum atomic E-state index is 13.2. The van der Waals surface area contributed by atoms with Gasteiger partial charge in [0.25, 0.3) is 0 Å². The molecule has 31 heavy (non-hydrogen) atoms. The molecule has 7 heteroatoms. The van der Waals surface area contributed by atoms with Crippen LogP contribution in [0.3, 0.4) is 0 Å². The van der Waals surface area contributed by atoms with Crippen LogP contribution in [0.2, 0.25) is 0 Å². The Labute approximate surface area is 187 Å². The third kappa shape index (κ3) is 5.19. The van der Waals surface area contributed by atoms with Crippen LogP contribution in [0, 0.1) is 10.8 Å². The highest BCUT2D eigenvalue weighted by Gasteiger charge is 2.55. The monoisotopic (exact) mass is 437 g/mol. The molecule has 1 aliphatic carbocycles. The predicted molar refractivity (Wildman–Crippen MR) is 121 cm³/mol. The molecule has 2 N–H and O–H groups in total. The van der Waals surface area contributed by atoms with Gasteiger partial charge < -0.3 is 20.1 Å². The number of amides is 2. The first-order valence-corrected chi connectivity index (χ1v) is 12.0. The maximum absolute atomic E-state index is 13.2. The number of carbonyl (C=O) groups excluding carboxylic acids is 2. The topological polar surface area (TPSA) is 82.1 Å². The lowest BCUT2D eigenvalue weighted by molar-refractivity contribution is -0.132. The first-order valence-electron chi connectivity index (χ1n) is 12.0. The van der Waals surface area contributed by atoms with Gasteiger partial charge >= 0.3 is 6.09 Å². The number of hydrogen-bond acceptors (Lipinski definition) is 5. The summed E-state index contributed by atoms with van der Waals surface area (Å²) in [6, 6.07) is -0.239. The van der Waals surface area contributed by atoms with Gasteiger partial charge in [0.1, 0.15) is 5.60 Å². The van der Waals surface area contributed by atoms with Gasteiger partial charge in [-0.15, -0.1) is 0 Å². The van der Waals surface area contributed by atoms with E-state index in [-0.39, 0.29) is 34.9 Å². The van der Waals surface area contributed by atoms with Gasteiger partial charge in [0.15, 0.2) is 0 Å². The number of fused-ring (bicyclic) bond motifs is 1. The highest BCUT2D eigenvalue weighted by Crippen LogP contribution is 2.48. The van der Waals surface area contributed by atoms with Gasteiger partial charge in [0.2, 0.25) is 5.91 Å². The number of piperidine rings is 1. The molecule has 7 nitrogen and oxygen atoms in total. The minimum Gasteiger partial charge on any atom is -0.444 e. The van der Waals surface area contributed by atoms with Crippen LogP contribution in [-0.4, -0.2) is 77.4 Å². The van der Waals surface area contributed by atoms with Gasteiger partial charge in [-0.05, 0) is 73.0 Å². The van der Waals surface area contributed by atoms with Crippen LogP contribution >= 0.6 is 0 Å². The fourth-order valence-corrected chi connectivity index (χ4v) is 5.67. The Morgan fingerprint density at radius 3 is 2.35 bits per heavy atom. The number of nitrogens with zero attached hydrogens (tertiary/aromatic N) is 2. The summed E-state index contributed by atoms with van der Waals surface area (Å²) in [6.45, 7) is 12.0. The molecule has 2 amide bonds. The van der Waals surface area contributed by atoms with E-state index in [0.29, 0.717) is 13.0 Å². The zero-order valence-corrected chi connectivity index (χ0v) is 20.4. The fourth-order valence-electron chi connectivity index (χ4n) is 5.67. The molecule has 0 spiro atoms. The Kier molecular flexibility index (Phi) is 6.97. The summed E-state index contributed by atoms with van der Waals surface area (Å²) in [4.78, 5) is 30.4. The van der Waals surface area contributed by atoms with Crippen LogP contribution in [-0.2, 0) is 9.53 Å². The van der Waals surface area contributed by atoms with Crippen molar-refractivity contribution in [3.8, 4) is 0 Å². The number of ether oxygens (including phenoxy) is 1. The van der Waals surface area contributed by atoms with Crippen molar-refractivity contribution in [1.29, 1.82) is 0 Å². The second-order valence-corrected chi connectivity index (χ2v) is 11.6. The SMILES string of the molecule is CN1CCC(C)(C(=O)NC[C@H]2C[C@@]3(C)[C@@H](O)CCCC[C@H]3N2C(=O)OC(C)(C)C)CC1. The molecule has 1 saturated carbocycles. The summed E-state index contributed by atoms with van der Waals surface area (Å²) >= 11 is 0. The Hall–Kier alpha value is -1.34. The molecule has 2 saturated heterocycles. The van der Waals surface area contributed by atoms with Gasteiger partial charge in [-0.1, -0.05) is 26.7 Å². The molecule has 2 aliphatic heterocycles. The van der Waals surface area contributed by atoms with E-state index in [0.717, 1.165) is 51.6 Å². The number of aliphatic hydroxyl groups is 1. The van der Waals surface area contributed by atoms with Gasteiger partial charge in [0, 0.05) is 23.4 Å². The Morgan fingerprint density at radius 2 is 1.74 bits per heavy atom. The van der Waals surface area contributed by atoms with Crippen LogP contribution in [0.4, 0.5) is 4.79 Å². The van der Waals surface area contributed by atoms with E-state index in [1.54, 1.807) is 0 Å². The van der Waals surface area contributed by atoms with Crippen molar-refractivity contribution in [3.63, 3.8) is 0 Å². The second kappa shape index (κ2) is 8.89. The molecule has 0 bridgehead atoms. The van der Waals surface area contributed by atoms with Gasteiger partial charge in [-0.2, -0.15) is 0 Å².